The summed E-state index contributed by atoms with van der Waals surface area (Å²) in [6.07, 6.45) is 8.75. The highest BCUT2D eigenvalue weighted by molar-refractivity contribution is 5.84. The first-order valence-electron chi connectivity index (χ1n) is 12.8. The highest BCUT2D eigenvalue weighted by atomic mass is 19.3. The Hall–Kier alpha value is -3.68. The number of halogens is 4. The van der Waals surface area contributed by atoms with E-state index >= 15 is 4.39 Å². The molecule has 4 aromatic rings. The second-order valence-electron chi connectivity index (χ2n) is 9.13. The molecule has 1 heterocycles. The van der Waals surface area contributed by atoms with E-state index < -0.39 is 18.2 Å². The van der Waals surface area contributed by atoms with Crippen LogP contribution in [0.25, 0.3) is 10.8 Å². The Bertz CT molecular complexity index is 1350. The summed E-state index contributed by atoms with van der Waals surface area (Å²) in [6, 6.07) is 13.0. The summed E-state index contributed by atoms with van der Waals surface area (Å²) < 4.78 is 63.6. The molecule has 4 rings (SSSR count). The van der Waals surface area contributed by atoms with Gasteiger partial charge in [0, 0.05) is 11.8 Å². The van der Waals surface area contributed by atoms with E-state index in [2.05, 4.69) is 21.6 Å². The molecule has 0 unspecified atom stereocenters. The number of hydrogen-bond donors (Lipinski definition) is 0. The van der Waals surface area contributed by atoms with Crippen LogP contribution in [0.3, 0.4) is 0 Å². The lowest BCUT2D eigenvalue weighted by Gasteiger charge is -2.10. The number of rotatable bonds is 13. The molecule has 0 bridgehead atoms. The van der Waals surface area contributed by atoms with Crippen LogP contribution < -0.4 is 9.47 Å². The van der Waals surface area contributed by atoms with Crippen molar-refractivity contribution in [2.45, 2.75) is 58.5 Å². The quantitative estimate of drug-likeness (QED) is 0.133. The van der Waals surface area contributed by atoms with Crippen LogP contribution in [0.4, 0.5) is 17.6 Å². The molecule has 1 aromatic heterocycles. The predicted molar refractivity (Wildman–Crippen MR) is 139 cm³/mol. The monoisotopic (exact) mass is 526 g/mol. The standard InChI is InChI=1S/C30H30F4N2O2/c1-2-3-4-15-37-24-18-35-28(36-19-24)14-8-20-6-12-25-23(16-20)11-10-22(29(25)32)9-5-21-7-13-27(26(31)17-21)38-30(33)34/h6-7,10-13,16-19,30H,2-5,8-9,14-15H2,1H3. The fourth-order valence-corrected chi connectivity index (χ4v) is 4.25. The third-order valence-corrected chi connectivity index (χ3v) is 6.33. The van der Waals surface area contributed by atoms with Crippen LogP contribution in [-0.4, -0.2) is 23.2 Å². The van der Waals surface area contributed by atoms with Gasteiger partial charge in [0.05, 0.1) is 19.0 Å². The first kappa shape index (κ1) is 27.4. The Morgan fingerprint density at radius 1 is 0.816 bits per heavy atom. The Morgan fingerprint density at radius 2 is 1.55 bits per heavy atom. The minimum Gasteiger partial charge on any atom is -0.490 e. The maximum Gasteiger partial charge on any atom is 0.387 e. The van der Waals surface area contributed by atoms with Crippen LogP contribution in [0.1, 0.15) is 48.7 Å². The van der Waals surface area contributed by atoms with Crippen molar-refractivity contribution in [1.29, 1.82) is 0 Å². The number of hydrogen-bond acceptors (Lipinski definition) is 4. The molecule has 0 radical (unpaired) electrons. The van der Waals surface area contributed by atoms with Crippen molar-refractivity contribution in [3.63, 3.8) is 0 Å². The zero-order valence-electron chi connectivity index (χ0n) is 21.2. The molecule has 0 aliphatic heterocycles. The zero-order chi connectivity index (χ0) is 26.9. The molecule has 0 fully saturated rings. The van der Waals surface area contributed by atoms with Gasteiger partial charge in [-0.05, 0) is 59.9 Å². The summed E-state index contributed by atoms with van der Waals surface area (Å²) >= 11 is 0. The molecule has 0 aliphatic rings. The van der Waals surface area contributed by atoms with Gasteiger partial charge in [0.15, 0.2) is 17.3 Å². The lowest BCUT2D eigenvalue weighted by molar-refractivity contribution is -0.0522. The van der Waals surface area contributed by atoms with E-state index in [0.717, 1.165) is 48.2 Å². The van der Waals surface area contributed by atoms with Gasteiger partial charge < -0.3 is 9.47 Å². The first-order valence-corrected chi connectivity index (χ1v) is 12.8. The molecule has 0 aliphatic carbocycles. The molecule has 0 N–H and O–H groups in total. The van der Waals surface area contributed by atoms with Crippen molar-refractivity contribution in [2.24, 2.45) is 0 Å². The SMILES string of the molecule is CCCCCOc1cnc(CCc2ccc3c(F)c(CCc4ccc(OC(F)F)c(F)c4)ccc3c2)nc1. The Labute approximate surface area is 219 Å². The van der Waals surface area contributed by atoms with Crippen LogP contribution in [0.5, 0.6) is 11.5 Å². The summed E-state index contributed by atoms with van der Waals surface area (Å²) in [5, 5.41) is 1.30. The van der Waals surface area contributed by atoms with Crippen molar-refractivity contribution < 1.29 is 27.0 Å². The van der Waals surface area contributed by atoms with Crippen molar-refractivity contribution >= 4 is 10.8 Å². The van der Waals surface area contributed by atoms with Crippen LogP contribution in [0.2, 0.25) is 0 Å². The summed E-state index contributed by atoms with van der Waals surface area (Å²) in [6.45, 7) is -0.284. The summed E-state index contributed by atoms with van der Waals surface area (Å²) in [5.41, 5.74) is 2.12. The lowest BCUT2D eigenvalue weighted by Crippen LogP contribution is -2.04. The molecule has 4 nitrogen and oxygen atoms in total. The maximum atomic E-state index is 15.2. The number of fused-ring (bicyclic) bond motifs is 1. The first-order chi connectivity index (χ1) is 18.4. The number of alkyl halides is 2. The predicted octanol–water partition coefficient (Wildman–Crippen LogP) is 7.65. The normalized spacial score (nSPS) is 11.3. The van der Waals surface area contributed by atoms with Gasteiger partial charge in [-0.1, -0.05) is 56.2 Å². The fraction of sp³-hybridized carbons (Fsp3) is 0.333. The van der Waals surface area contributed by atoms with Gasteiger partial charge in [-0.15, -0.1) is 0 Å². The highest BCUT2D eigenvalue weighted by Crippen LogP contribution is 2.25. The van der Waals surface area contributed by atoms with Crippen molar-refractivity contribution in [3.05, 3.63) is 95.1 Å². The van der Waals surface area contributed by atoms with E-state index in [1.54, 1.807) is 24.5 Å². The molecule has 200 valence electrons. The number of ether oxygens (including phenoxy) is 2. The minimum absolute atomic E-state index is 0.315. The molecule has 0 saturated heterocycles. The fourth-order valence-electron chi connectivity index (χ4n) is 4.25. The second-order valence-corrected chi connectivity index (χ2v) is 9.13. The topological polar surface area (TPSA) is 44.2 Å². The van der Waals surface area contributed by atoms with Gasteiger partial charge in [-0.3, -0.25) is 0 Å². The number of benzene rings is 3. The molecule has 8 heteroatoms. The summed E-state index contributed by atoms with van der Waals surface area (Å²) in [5.74, 6) is -0.300. The zero-order valence-corrected chi connectivity index (χ0v) is 21.2. The average molecular weight is 527 g/mol. The molecular weight excluding hydrogens is 496 g/mol. The molecule has 0 atom stereocenters. The van der Waals surface area contributed by atoms with Crippen LogP contribution in [0.15, 0.2) is 60.9 Å². The smallest absolute Gasteiger partial charge is 0.387 e. The number of aryl methyl sites for hydroxylation is 4. The molecule has 0 saturated carbocycles. The van der Waals surface area contributed by atoms with E-state index in [-0.39, 0.29) is 5.82 Å². The molecular formula is C30H30F4N2O2. The van der Waals surface area contributed by atoms with Crippen molar-refractivity contribution in [3.8, 4) is 11.5 Å². The Kier molecular flexibility index (Phi) is 9.51. The van der Waals surface area contributed by atoms with Gasteiger partial charge in [0.2, 0.25) is 0 Å². The molecule has 3 aromatic carbocycles. The van der Waals surface area contributed by atoms with E-state index in [1.165, 1.54) is 6.07 Å². The van der Waals surface area contributed by atoms with Crippen LogP contribution in [-0.2, 0) is 25.7 Å². The van der Waals surface area contributed by atoms with Crippen LogP contribution >= 0.6 is 0 Å². The Balaban J connectivity index is 1.34. The van der Waals surface area contributed by atoms with E-state index in [4.69, 9.17) is 4.74 Å². The average Bonchev–Trinajstić information content (AvgIpc) is 2.91. The molecule has 38 heavy (non-hydrogen) atoms. The third-order valence-electron chi connectivity index (χ3n) is 6.33. The van der Waals surface area contributed by atoms with Gasteiger partial charge in [-0.2, -0.15) is 8.78 Å². The molecule has 0 amide bonds. The Morgan fingerprint density at radius 3 is 2.29 bits per heavy atom. The minimum atomic E-state index is -3.09. The third kappa shape index (κ3) is 7.43. The molecule has 0 spiro atoms. The number of unbranched alkanes of at least 4 members (excludes halogenated alkanes) is 2. The van der Waals surface area contributed by atoms with E-state index in [9.17, 15) is 13.2 Å². The number of nitrogens with zero attached hydrogens (tertiary/aromatic N) is 2. The van der Waals surface area contributed by atoms with Gasteiger partial charge in [0.25, 0.3) is 0 Å². The van der Waals surface area contributed by atoms with Gasteiger partial charge in [-0.25, -0.2) is 18.7 Å². The van der Waals surface area contributed by atoms with E-state index in [1.807, 2.05) is 18.2 Å². The van der Waals surface area contributed by atoms with Crippen molar-refractivity contribution in [1.82, 2.24) is 9.97 Å². The van der Waals surface area contributed by atoms with E-state index in [0.29, 0.717) is 54.6 Å². The maximum absolute atomic E-state index is 15.2. The van der Waals surface area contributed by atoms with Crippen LogP contribution in [0, 0.1) is 11.6 Å². The van der Waals surface area contributed by atoms with Crippen molar-refractivity contribution in [2.75, 3.05) is 6.61 Å². The largest absolute Gasteiger partial charge is 0.490 e. The summed E-state index contributed by atoms with van der Waals surface area (Å²) in [4.78, 5) is 8.78. The van der Waals surface area contributed by atoms with Gasteiger partial charge >= 0.3 is 6.61 Å². The lowest BCUT2D eigenvalue weighted by atomic mass is 9.98. The summed E-state index contributed by atoms with van der Waals surface area (Å²) in [7, 11) is 0. The highest BCUT2D eigenvalue weighted by Gasteiger charge is 2.12. The number of aromatic nitrogens is 2. The van der Waals surface area contributed by atoms with Gasteiger partial charge in [0.1, 0.15) is 11.6 Å². The second kappa shape index (κ2) is 13.2.